The van der Waals surface area contributed by atoms with E-state index in [4.69, 9.17) is 4.74 Å². The van der Waals surface area contributed by atoms with Gasteiger partial charge in [-0.25, -0.2) is 0 Å². The summed E-state index contributed by atoms with van der Waals surface area (Å²) in [6.45, 7) is 3.42. The number of piperidine rings is 1. The fraction of sp³-hybridized carbons (Fsp3) is 0.600. The van der Waals surface area contributed by atoms with Gasteiger partial charge < -0.3 is 10.1 Å². The van der Waals surface area contributed by atoms with Crippen molar-refractivity contribution in [1.82, 2.24) is 5.32 Å². The lowest BCUT2D eigenvalue weighted by Gasteiger charge is -2.28. The van der Waals surface area contributed by atoms with Crippen LogP contribution in [0.1, 0.15) is 44.1 Å². The fourth-order valence-corrected chi connectivity index (χ4v) is 2.63. The van der Waals surface area contributed by atoms with Crippen LogP contribution >= 0.6 is 0 Å². The smallest absolute Gasteiger partial charge is 0.119 e. The highest BCUT2D eigenvalue weighted by Crippen LogP contribution is 2.31. The van der Waals surface area contributed by atoms with E-state index in [1.807, 2.05) is 0 Å². The second-order valence-electron chi connectivity index (χ2n) is 5.46. The lowest BCUT2D eigenvalue weighted by Crippen LogP contribution is -2.34. The van der Waals surface area contributed by atoms with E-state index >= 15 is 0 Å². The minimum atomic E-state index is 0.500. The van der Waals surface area contributed by atoms with Gasteiger partial charge >= 0.3 is 0 Å². The van der Waals surface area contributed by atoms with Crippen molar-refractivity contribution in [3.05, 3.63) is 29.8 Å². The van der Waals surface area contributed by atoms with Crippen molar-refractivity contribution in [1.29, 1.82) is 0 Å². The normalized spacial score (nSPS) is 29.0. The number of benzene rings is 1. The summed E-state index contributed by atoms with van der Waals surface area (Å²) in [4.78, 5) is 0. The molecule has 1 heterocycles. The molecule has 0 amide bonds. The molecule has 1 aromatic rings. The van der Waals surface area contributed by atoms with Crippen molar-refractivity contribution in [2.45, 2.75) is 50.7 Å². The Labute approximate surface area is 103 Å². The van der Waals surface area contributed by atoms with Crippen LogP contribution in [0.15, 0.2) is 24.3 Å². The van der Waals surface area contributed by atoms with Crippen molar-refractivity contribution in [3.63, 3.8) is 0 Å². The molecule has 1 saturated heterocycles. The van der Waals surface area contributed by atoms with Gasteiger partial charge in [0.1, 0.15) is 5.75 Å². The topological polar surface area (TPSA) is 21.3 Å². The summed E-state index contributed by atoms with van der Waals surface area (Å²) in [7, 11) is 0. The third-order valence-electron chi connectivity index (χ3n) is 3.80. The van der Waals surface area contributed by atoms with Crippen LogP contribution in [0.25, 0.3) is 0 Å². The molecule has 3 rings (SSSR count). The lowest BCUT2D eigenvalue weighted by molar-refractivity contribution is 0.303. The zero-order chi connectivity index (χ0) is 11.7. The van der Waals surface area contributed by atoms with Gasteiger partial charge in [-0.3, -0.25) is 0 Å². The first kappa shape index (κ1) is 11.1. The number of ether oxygens (including phenoxy) is 1. The summed E-state index contributed by atoms with van der Waals surface area (Å²) in [5.41, 5.74) is 1.47. The second kappa shape index (κ2) is 4.69. The monoisotopic (exact) mass is 231 g/mol. The van der Waals surface area contributed by atoms with Crippen LogP contribution in [0.3, 0.4) is 0 Å². The molecule has 0 aromatic heterocycles. The summed E-state index contributed by atoms with van der Waals surface area (Å²) in [6.07, 6.45) is 5.47. The highest BCUT2D eigenvalue weighted by Gasteiger charge is 2.24. The minimum Gasteiger partial charge on any atom is -0.490 e. The van der Waals surface area contributed by atoms with Gasteiger partial charge in [0.25, 0.3) is 0 Å². The van der Waals surface area contributed by atoms with Crippen molar-refractivity contribution >= 4 is 0 Å². The third kappa shape index (κ3) is 2.81. The molecule has 0 bridgehead atoms. The molecular weight excluding hydrogens is 210 g/mol. The Hall–Kier alpha value is -1.02. The Morgan fingerprint density at radius 1 is 1.12 bits per heavy atom. The van der Waals surface area contributed by atoms with E-state index in [1.54, 1.807) is 0 Å². The van der Waals surface area contributed by atoms with E-state index in [0.29, 0.717) is 12.1 Å². The maximum absolute atomic E-state index is 5.78. The summed E-state index contributed by atoms with van der Waals surface area (Å²) in [6, 6.07) is 9.43. The molecule has 2 unspecified atom stereocenters. The van der Waals surface area contributed by atoms with Crippen LogP contribution < -0.4 is 10.1 Å². The first-order chi connectivity index (χ1) is 8.31. The Bertz CT molecular complexity index is 369. The Kier molecular flexibility index (Phi) is 3.06. The van der Waals surface area contributed by atoms with Gasteiger partial charge in [0.05, 0.1) is 6.10 Å². The predicted octanol–water partition coefficient (Wildman–Crippen LogP) is 3.08. The van der Waals surface area contributed by atoms with E-state index in [2.05, 4.69) is 36.5 Å². The summed E-state index contributed by atoms with van der Waals surface area (Å²) in [5, 5.41) is 3.50. The maximum Gasteiger partial charge on any atom is 0.119 e. The van der Waals surface area contributed by atoms with Crippen LogP contribution in [-0.2, 0) is 0 Å². The molecule has 1 aromatic carbocycles. The molecule has 2 fully saturated rings. The van der Waals surface area contributed by atoms with Crippen LogP contribution in [0, 0.1) is 0 Å². The molecule has 1 aliphatic heterocycles. The molecule has 2 atom stereocenters. The second-order valence-corrected chi connectivity index (χ2v) is 5.46. The van der Waals surface area contributed by atoms with E-state index in [9.17, 15) is 0 Å². The Morgan fingerprint density at radius 3 is 2.53 bits per heavy atom. The Morgan fingerprint density at radius 2 is 1.88 bits per heavy atom. The summed E-state index contributed by atoms with van der Waals surface area (Å²) < 4.78 is 5.78. The standard InChI is InChI=1S/C15H21NO/c1-11-10-13(8-9-16-11)12-2-4-14(5-3-12)17-15-6-7-15/h2-5,11,13,15-16H,6-10H2,1H3. The molecule has 1 saturated carbocycles. The number of hydrogen-bond donors (Lipinski definition) is 1. The molecule has 1 N–H and O–H groups in total. The number of hydrogen-bond acceptors (Lipinski definition) is 2. The van der Waals surface area contributed by atoms with Gasteiger partial charge in [0.15, 0.2) is 0 Å². The molecule has 92 valence electrons. The van der Waals surface area contributed by atoms with E-state index < -0.39 is 0 Å². The van der Waals surface area contributed by atoms with Crippen LogP contribution in [0.4, 0.5) is 0 Å². The van der Waals surface area contributed by atoms with Crippen molar-refractivity contribution < 1.29 is 4.74 Å². The van der Waals surface area contributed by atoms with E-state index in [0.717, 1.165) is 18.2 Å². The van der Waals surface area contributed by atoms with E-state index in [-0.39, 0.29) is 0 Å². The highest BCUT2D eigenvalue weighted by molar-refractivity contribution is 5.30. The van der Waals surface area contributed by atoms with E-state index in [1.165, 1.54) is 31.2 Å². The predicted molar refractivity (Wildman–Crippen MR) is 69.5 cm³/mol. The molecule has 2 nitrogen and oxygen atoms in total. The quantitative estimate of drug-likeness (QED) is 0.863. The average Bonchev–Trinajstić information content (AvgIpc) is 3.14. The van der Waals surface area contributed by atoms with Gasteiger partial charge in [-0.15, -0.1) is 0 Å². The summed E-state index contributed by atoms with van der Waals surface area (Å²) >= 11 is 0. The SMILES string of the molecule is CC1CC(c2ccc(OC3CC3)cc2)CCN1. The zero-order valence-electron chi connectivity index (χ0n) is 10.5. The summed E-state index contributed by atoms with van der Waals surface area (Å²) in [5.74, 6) is 1.76. The van der Waals surface area contributed by atoms with Gasteiger partial charge in [-0.05, 0) is 62.8 Å². The number of nitrogens with one attached hydrogen (secondary N) is 1. The highest BCUT2D eigenvalue weighted by atomic mass is 16.5. The molecule has 1 aliphatic carbocycles. The molecule has 0 spiro atoms. The maximum atomic E-state index is 5.78. The number of rotatable bonds is 3. The molecule has 2 heteroatoms. The molecule has 2 aliphatic rings. The first-order valence-electron chi connectivity index (χ1n) is 6.81. The third-order valence-corrected chi connectivity index (χ3v) is 3.80. The largest absolute Gasteiger partial charge is 0.490 e. The van der Waals surface area contributed by atoms with Crippen molar-refractivity contribution in [3.8, 4) is 5.75 Å². The average molecular weight is 231 g/mol. The van der Waals surface area contributed by atoms with Crippen LogP contribution in [-0.4, -0.2) is 18.7 Å². The fourth-order valence-electron chi connectivity index (χ4n) is 2.63. The minimum absolute atomic E-state index is 0.500. The molecular formula is C15H21NO. The first-order valence-corrected chi connectivity index (χ1v) is 6.81. The van der Waals surface area contributed by atoms with Gasteiger partial charge in [0, 0.05) is 6.04 Å². The lowest BCUT2D eigenvalue weighted by atomic mass is 9.87. The van der Waals surface area contributed by atoms with Crippen molar-refractivity contribution in [2.24, 2.45) is 0 Å². The zero-order valence-corrected chi connectivity index (χ0v) is 10.5. The van der Waals surface area contributed by atoms with Gasteiger partial charge in [0.2, 0.25) is 0 Å². The van der Waals surface area contributed by atoms with Gasteiger partial charge in [-0.1, -0.05) is 12.1 Å². The Balaban J connectivity index is 1.65. The van der Waals surface area contributed by atoms with Crippen LogP contribution in [0.2, 0.25) is 0 Å². The molecule has 0 radical (unpaired) electrons. The molecule has 17 heavy (non-hydrogen) atoms. The van der Waals surface area contributed by atoms with Crippen molar-refractivity contribution in [2.75, 3.05) is 6.54 Å². The van der Waals surface area contributed by atoms with Gasteiger partial charge in [-0.2, -0.15) is 0 Å². The van der Waals surface area contributed by atoms with Crippen LogP contribution in [0.5, 0.6) is 5.75 Å².